The SMILES string of the molecule is CC1=C(CC[C@@H](C)CCC[C@@H](C)CCCC[C@H](C)CCC[C@H](C)CCC2=C(C)C(=O)CCC2(C)C)C(C)(C)CCC1=O. The van der Waals surface area contributed by atoms with Crippen molar-refractivity contribution in [2.75, 3.05) is 0 Å². The first kappa shape index (κ1) is 37.0. The van der Waals surface area contributed by atoms with Gasteiger partial charge in [-0.2, -0.15) is 0 Å². The second-order valence-electron chi connectivity index (χ2n) is 16.5. The van der Waals surface area contributed by atoms with Gasteiger partial charge in [-0.15, -0.1) is 0 Å². The highest BCUT2D eigenvalue weighted by atomic mass is 16.1. The fraction of sp³-hybridized carbons (Fsp3) is 0.850. The summed E-state index contributed by atoms with van der Waals surface area (Å²) in [5.41, 5.74) is 5.42. The zero-order chi connectivity index (χ0) is 31.5. The normalized spacial score (nSPS) is 22.0. The number of carbonyl (C=O) groups excluding carboxylic acids is 2. The summed E-state index contributed by atoms with van der Waals surface area (Å²) in [5.74, 6) is 3.95. The van der Waals surface area contributed by atoms with Gasteiger partial charge in [-0.1, -0.05) is 131 Å². The van der Waals surface area contributed by atoms with E-state index in [9.17, 15) is 9.59 Å². The highest BCUT2D eigenvalue weighted by Gasteiger charge is 2.33. The number of rotatable bonds is 19. The van der Waals surface area contributed by atoms with E-state index in [1.54, 1.807) is 0 Å². The number of allylic oxidation sites excluding steroid dienone is 4. The van der Waals surface area contributed by atoms with E-state index in [4.69, 9.17) is 0 Å². The van der Waals surface area contributed by atoms with Crippen LogP contribution in [-0.2, 0) is 9.59 Å². The first-order valence-corrected chi connectivity index (χ1v) is 18.1. The van der Waals surface area contributed by atoms with E-state index in [1.807, 2.05) is 0 Å². The molecule has 2 heteroatoms. The van der Waals surface area contributed by atoms with Gasteiger partial charge in [0.15, 0.2) is 11.6 Å². The van der Waals surface area contributed by atoms with E-state index in [-0.39, 0.29) is 10.8 Å². The van der Waals surface area contributed by atoms with Gasteiger partial charge in [0.05, 0.1) is 0 Å². The lowest BCUT2D eigenvalue weighted by Crippen LogP contribution is -2.25. The average molecular weight is 583 g/mol. The Kier molecular flexibility index (Phi) is 15.3. The highest BCUT2D eigenvalue weighted by molar-refractivity contribution is 5.97. The second kappa shape index (κ2) is 17.3. The molecule has 0 saturated carbocycles. The smallest absolute Gasteiger partial charge is 0.158 e. The number of hydrogen-bond donors (Lipinski definition) is 0. The van der Waals surface area contributed by atoms with Gasteiger partial charge < -0.3 is 0 Å². The Labute approximate surface area is 262 Å². The highest BCUT2D eigenvalue weighted by Crippen LogP contribution is 2.43. The van der Waals surface area contributed by atoms with Gasteiger partial charge in [0.1, 0.15) is 0 Å². The molecule has 242 valence electrons. The van der Waals surface area contributed by atoms with Crippen LogP contribution in [0.3, 0.4) is 0 Å². The van der Waals surface area contributed by atoms with Crippen LogP contribution in [0.25, 0.3) is 0 Å². The lowest BCUT2D eigenvalue weighted by molar-refractivity contribution is -0.117. The molecule has 0 aromatic rings. The molecular formula is C40H70O2. The van der Waals surface area contributed by atoms with Crippen LogP contribution in [0.5, 0.6) is 0 Å². The number of ketones is 2. The van der Waals surface area contributed by atoms with Crippen molar-refractivity contribution in [3.05, 3.63) is 22.3 Å². The van der Waals surface area contributed by atoms with E-state index >= 15 is 0 Å². The average Bonchev–Trinajstić information content (AvgIpc) is 2.91. The Balaban J connectivity index is 1.52. The summed E-state index contributed by atoms with van der Waals surface area (Å²) in [7, 11) is 0. The van der Waals surface area contributed by atoms with Crippen LogP contribution in [-0.4, -0.2) is 11.6 Å². The first-order chi connectivity index (χ1) is 19.6. The Bertz CT molecular complexity index is 853. The van der Waals surface area contributed by atoms with Crippen LogP contribution in [0.15, 0.2) is 22.3 Å². The largest absolute Gasteiger partial charge is 0.295 e. The van der Waals surface area contributed by atoms with Crippen LogP contribution in [0, 0.1) is 34.5 Å². The molecule has 2 rings (SSSR count). The Morgan fingerprint density at radius 3 is 1.12 bits per heavy atom. The summed E-state index contributed by atoms with van der Waals surface area (Å²) in [6.45, 7) is 23.2. The summed E-state index contributed by atoms with van der Waals surface area (Å²) in [6, 6.07) is 0. The van der Waals surface area contributed by atoms with Crippen molar-refractivity contribution in [1.82, 2.24) is 0 Å². The molecule has 0 amide bonds. The summed E-state index contributed by atoms with van der Waals surface area (Å²) in [5, 5.41) is 0. The minimum Gasteiger partial charge on any atom is -0.295 e. The van der Waals surface area contributed by atoms with Crippen LogP contribution in [0.4, 0.5) is 0 Å². The third kappa shape index (κ3) is 12.1. The molecule has 4 atom stereocenters. The lowest BCUT2D eigenvalue weighted by Gasteiger charge is -2.34. The summed E-state index contributed by atoms with van der Waals surface area (Å²) in [6.07, 6.45) is 21.8. The maximum atomic E-state index is 12.2. The van der Waals surface area contributed by atoms with Gasteiger partial charge in [-0.05, 0) is 98.0 Å². The van der Waals surface area contributed by atoms with Gasteiger partial charge >= 0.3 is 0 Å². The van der Waals surface area contributed by atoms with Crippen LogP contribution in [0.2, 0.25) is 0 Å². The van der Waals surface area contributed by atoms with Crippen LogP contribution in [0.1, 0.15) is 185 Å². The maximum Gasteiger partial charge on any atom is 0.158 e. The molecule has 0 bridgehead atoms. The van der Waals surface area contributed by atoms with E-state index in [2.05, 4.69) is 69.2 Å². The van der Waals surface area contributed by atoms with Gasteiger partial charge in [0.2, 0.25) is 0 Å². The molecule has 2 nitrogen and oxygen atoms in total. The molecule has 2 aliphatic carbocycles. The van der Waals surface area contributed by atoms with Crippen molar-refractivity contribution in [2.24, 2.45) is 34.5 Å². The molecule has 2 aliphatic rings. The Hall–Kier alpha value is -1.18. The second-order valence-corrected chi connectivity index (χ2v) is 16.5. The molecule has 0 aliphatic heterocycles. The monoisotopic (exact) mass is 583 g/mol. The van der Waals surface area contributed by atoms with Gasteiger partial charge in [-0.3, -0.25) is 9.59 Å². The Morgan fingerprint density at radius 1 is 0.500 bits per heavy atom. The van der Waals surface area contributed by atoms with Crippen molar-refractivity contribution in [3.8, 4) is 0 Å². The number of unbranched alkanes of at least 4 members (excludes halogenated alkanes) is 1. The van der Waals surface area contributed by atoms with Crippen molar-refractivity contribution in [1.29, 1.82) is 0 Å². The summed E-state index contributed by atoms with van der Waals surface area (Å²) in [4.78, 5) is 24.5. The molecule has 0 N–H and O–H groups in total. The van der Waals surface area contributed by atoms with E-state index in [0.717, 1.165) is 73.3 Å². The minimum atomic E-state index is 0.203. The molecule has 0 fully saturated rings. The molecular weight excluding hydrogens is 512 g/mol. The van der Waals surface area contributed by atoms with E-state index in [0.29, 0.717) is 11.6 Å². The molecule has 0 unspecified atom stereocenters. The van der Waals surface area contributed by atoms with E-state index < -0.39 is 0 Å². The number of hydrogen-bond acceptors (Lipinski definition) is 2. The van der Waals surface area contributed by atoms with Gasteiger partial charge in [0, 0.05) is 12.8 Å². The quantitative estimate of drug-likeness (QED) is 0.142. The summed E-state index contributed by atoms with van der Waals surface area (Å²) < 4.78 is 0. The maximum absolute atomic E-state index is 12.2. The standard InChI is InChI=1S/C40H70O2/c1-29(17-13-19-31(3)21-23-35-33(5)37(41)25-27-39(35,7)8)15-11-12-16-30(2)18-14-20-32(4)22-24-36-34(6)38(42)26-28-40(36,9)10/h29-32H,11-28H2,1-10H3/t29-,30-,31-,32-/m0/s1. The van der Waals surface area contributed by atoms with Gasteiger partial charge in [-0.25, -0.2) is 0 Å². The van der Waals surface area contributed by atoms with Crippen LogP contribution >= 0.6 is 0 Å². The Morgan fingerprint density at radius 2 is 0.786 bits per heavy atom. The van der Waals surface area contributed by atoms with Crippen molar-refractivity contribution < 1.29 is 9.59 Å². The number of Topliss-reactive ketones (excluding diaryl/α,β-unsaturated/α-hetero) is 2. The number of carbonyl (C=O) groups is 2. The first-order valence-electron chi connectivity index (χ1n) is 18.1. The summed E-state index contributed by atoms with van der Waals surface area (Å²) >= 11 is 0. The zero-order valence-electron chi connectivity index (χ0n) is 29.9. The van der Waals surface area contributed by atoms with Crippen molar-refractivity contribution in [2.45, 2.75) is 185 Å². The fourth-order valence-electron chi connectivity index (χ4n) is 7.91. The molecule has 0 aromatic heterocycles. The third-order valence-corrected chi connectivity index (χ3v) is 11.5. The molecule has 0 spiro atoms. The predicted octanol–water partition coefficient (Wildman–Crippen LogP) is 12.4. The molecule has 42 heavy (non-hydrogen) atoms. The molecule has 0 aromatic carbocycles. The molecule has 0 saturated heterocycles. The van der Waals surface area contributed by atoms with Gasteiger partial charge in [0.25, 0.3) is 0 Å². The van der Waals surface area contributed by atoms with Crippen molar-refractivity contribution in [3.63, 3.8) is 0 Å². The predicted molar refractivity (Wildman–Crippen MR) is 183 cm³/mol. The molecule has 0 heterocycles. The fourth-order valence-corrected chi connectivity index (χ4v) is 7.91. The topological polar surface area (TPSA) is 34.1 Å². The zero-order valence-corrected chi connectivity index (χ0v) is 29.9. The molecule has 0 radical (unpaired) electrons. The van der Waals surface area contributed by atoms with Crippen LogP contribution < -0.4 is 0 Å². The van der Waals surface area contributed by atoms with Crippen molar-refractivity contribution >= 4 is 11.6 Å². The lowest BCUT2D eigenvalue weighted by atomic mass is 9.70. The minimum absolute atomic E-state index is 0.203. The third-order valence-electron chi connectivity index (χ3n) is 11.5. The van der Waals surface area contributed by atoms with E-state index in [1.165, 1.54) is 88.2 Å².